The average molecular weight is 461 g/mol. The minimum atomic E-state index is -0.495. The van der Waals surface area contributed by atoms with Gasteiger partial charge in [0.25, 0.3) is 11.5 Å². The van der Waals surface area contributed by atoms with Gasteiger partial charge in [0.2, 0.25) is 0 Å². The molecule has 33 heavy (non-hydrogen) atoms. The van der Waals surface area contributed by atoms with Gasteiger partial charge in [-0.1, -0.05) is 0 Å². The van der Waals surface area contributed by atoms with Gasteiger partial charge >= 0.3 is 0 Å². The molecule has 1 aromatic heterocycles. The molecule has 180 valence electrons. The Morgan fingerprint density at radius 3 is 2.58 bits per heavy atom. The molecular weight excluding hydrogens is 426 g/mol. The van der Waals surface area contributed by atoms with Crippen LogP contribution in [0.3, 0.4) is 0 Å². The normalized spacial score (nSPS) is 18.3. The minimum Gasteiger partial charge on any atom is -0.368 e. The van der Waals surface area contributed by atoms with Crippen molar-refractivity contribution in [1.82, 2.24) is 15.2 Å². The molecule has 0 saturated carbocycles. The van der Waals surface area contributed by atoms with Gasteiger partial charge in [0.1, 0.15) is 11.6 Å². The third kappa shape index (κ3) is 4.95. The highest BCUT2D eigenvalue weighted by atomic mass is 19.1. The molecule has 1 amide bonds. The Hall–Kier alpha value is -2.74. The number of benzene rings is 1. The number of hydrogen-bond acceptors (Lipinski definition) is 4. The largest absolute Gasteiger partial charge is 0.368 e. The van der Waals surface area contributed by atoms with Crippen molar-refractivity contribution >= 4 is 11.6 Å². The monoisotopic (exact) mass is 460 g/mol. The molecule has 2 atom stereocenters. The van der Waals surface area contributed by atoms with Gasteiger partial charge in [-0.3, -0.25) is 9.59 Å². The maximum Gasteiger partial charge on any atom is 0.255 e. The van der Waals surface area contributed by atoms with E-state index in [4.69, 9.17) is 0 Å². The Balaban J connectivity index is 1.89. The van der Waals surface area contributed by atoms with Crippen molar-refractivity contribution in [3.63, 3.8) is 0 Å². The van der Waals surface area contributed by atoms with Gasteiger partial charge in [-0.2, -0.15) is 0 Å². The number of carbonyl (C=O) groups is 1. The van der Waals surface area contributed by atoms with Crippen molar-refractivity contribution in [2.75, 3.05) is 18.0 Å². The zero-order valence-corrected chi connectivity index (χ0v) is 20.3. The molecule has 1 unspecified atom stereocenters. The molecule has 1 aliphatic heterocycles. The number of aromatic nitrogens is 1. The number of halogens is 2. The highest BCUT2D eigenvalue weighted by Gasteiger charge is 2.27. The molecule has 1 aliphatic rings. The number of pyridine rings is 1. The highest BCUT2D eigenvalue weighted by molar-refractivity contribution is 5.97. The summed E-state index contributed by atoms with van der Waals surface area (Å²) in [6.45, 7) is 10.5. The summed E-state index contributed by atoms with van der Waals surface area (Å²) in [5.74, 6) is -1.46. The van der Waals surface area contributed by atoms with Crippen molar-refractivity contribution in [2.45, 2.75) is 66.1 Å². The first-order valence-corrected chi connectivity index (χ1v) is 11.5. The topological polar surface area (TPSA) is 66.4 Å². The highest BCUT2D eigenvalue weighted by Crippen LogP contribution is 2.30. The molecule has 0 spiro atoms. The van der Waals surface area contributed by atoms with E-state index in [2.05, 4.69) is 22.5 Å². The van der Waals surface area contributed by atoms with Crippen molar-refractivity contribution in [2.24, 2.45) is 7.05 Å². The number of nitrogens with one attached hydrogen (secondary N) is 2. The maximum absolute atomic E-state index is 14.6. The van der Waals surface area contributed by atoms with E-state index in [9.17, 15) is 18.4 Å². The van der Waals surface area contributed by atoms with Crippen LogP contribution in [0, 0.1) is 32.4 Å². The second kappa shape index (κ2) is 10.0. The minimum absolute atomic E-state index is 0.136. The van der Waals surface area contributed by atoms with Crippen molar-refractivity contribution < 1.29 is 13.6 Å². The van der Waals surface area contributed by atoms with E-state index < -0.39 is 17.5 Å². The van der Waals surface area contributed by atoms with Crippen LogP contribution in [0.4, 0.5) is 14.5 Å². The van der Waals surface area contributed by atoms with Crippen molar-refractivity contribution in [1.29, 1.82) is 0 Å². The summed E-state index contributed by atoms with van der Waals surface area (Å²) in [6.07, 6.45) is 1.88. The fraction of sp³-hybridized carbons (Fsp3) is 0.520. The second-order valence-corrected chi connectivity index (χ2v) is 8.97. The van der Waals surface area contributed by atoms with E-state index in [-0.39, 0.29) is 40.5 Å². The Bertz CT molecular complexity index is 1110. The Labute approximate surface area is 194 Å². The molecule has 2 N–H and O–H groups in total. The van der Waals surface area contributed by atoms with Gasteiger partial charge < -0.3 is 20.1 Å². The van der Waals surface area contributed by atoms with Crippen LogP contribution in [-0.4, -0.2) is 35.6 Å². The summed E-state index contributed by atoms with van der Waals surface area (Å²) in [4.78, 5) is 27.8. The molecule has 2 heterocycles. The Kier molecular flexibility index (Phi) is 7.57. The van der Waals surface area contributed by atoms with Gasteiger partial charge in [0, 0.05) is 49.0 Å². The van der Waals surface area contributed by atoms with E-state index in [1.165, 1.54) is 37.6 Å². The standard InChI is InChI=1S/C25H34F2N4O2/c1-7-31(19-8-9-28-14(2)10-19)22-12-18(26)11-20(15(22)3)24(32)29-13-21-16(4)23(27)17(5)30(6)25(21)33/h11-12,14,19,28H,7-10,13H2,1-6H3,(H,29,32)/t14-,19?/m1/s1. The predicted molar refractivity (Wildman–Crippen MR) is 127 cm³/mol. The first-order valence-electron chi connectivity index (χ1n) is 11.5. The lowest BCUT2D eigenvalue weighted by Gasteiger charge is -2.39. The zero-order chi connectivity index (χ0) is 24.4. The van der Waals surface area contributed by atoms with Crippen LogP contribution in [0.5, 0.6) is 0 Å². The molecule has 1 aromatic carbocycles. The molecule has 0 bridgehead atoms. The lowest BCUT2D eigenvalue weighted by Crippen LogP contribution is -2.47. The van der Waals surface area contributed by atoms with Gasteiger partial charge in [0.05, 0.1) is 5.69 Å². The molecule has 6 nitrogen and oxygen atoms in total. The van der Waals surface area contributed by atoms with Gasteiger partial charge in [0.15, 0.2) is 0 Å². The molecule has 2 aromatic rings. The fourth-order valence-corrected chi connectivity index (χ4v) is 4.75. The van der Waals surface area contributed by atoms with Crippen LogP contribution < -0.4 is 21.1 Å². The van der Waals surface area contributed by atoms with Gasteiger partial charge in [-0.25, -0.2) is 8.78 Å². The first kappa shape index (κ1) is 24.9. The maximum atomic E-state index is 14.6. The van der Waals surface area contributed by atoms with Gasteiger partial charge in [-0.15, -0.1) is 0 Å². The van der Waals surface area contributed by atoms with Crippen LogP contribution in [0.15, 0.2) is 16.9 Å². The summed E-state index contributed by atoms with van der Waals surface area (Å²) in [7, 11) is 1.50. The number of anilines is 1. The Morgan fingerprint density at radius 1 is 1.24 bits per heavy atom. The molecule has 3 rings (SSSR count). The van der Waals surface area contributed by atoms with E-state index in [0.717, 1.165) is 19.4 Å². The number of amides is 1. The number of hydrogen-bond donors (Lipinski definition) is 2. The van der Waals surface area contributed by atoms with Crippen molar-refractivity contribution in [3.05, 3.63) is 62.1 Å². The molecule has 1 fully saturated rings. The van der Waals surface area contributed by atoms with Crippen LogP contribution in [0.2, 0.25) is 0 Å². The molecule has 0 aliphatic carbocycles. The quantitative estimate of drug-likeness (QED) is 0.693. The van der Waals surface area contributed by atoms with E-state index in [0.29, 0.717) is 23.8 Å². The predicted octanol–water partition coefficient (Wildman–Crippen LogP) is 3.49. The van der Waals surface area contributed by atoms with E-state index in [1.807, 2.05) is 13.8 Å². The average Bonchev–Trinajstić information content (AvgIpc) is 2.78. The number of piperidine rings is 1. The van der Waals surface area contributed by atoms with Crippen molar-refractivity contribution in [3.8, 4) is 0 Å². The summed E-state index contributed by atoms with van der Waals surface area (Å²) in [5, 5.41) is 6.13. The zero-order valence-electron chi connectivity index (χ0n) is 20.3. The summed E-state index contributed by atoms with van der Waals surface area (Å²) in [5.41, 5.74) is 1.88. The Morgan fingerprint density at radius 2 is 1.94 bits per heavy atom. The second-order valence-electron chi connectivity index (χ2n) is 8.97. The van der Waals surface area contributed by atoms with Gasteiger partial charge in [-0.05, 0) is 77.3 Å². The fourth-order valence-electron chi connectivity index (χ4n) is 4.75. The lowest BCUT2D eigenvalue weighted by molar-refractivity contribution is 0.0949. The molecule has 0 radical (unpaired) electrons. The van der Waals surface area contributed by atoms with Crippen LogP contribution >= 0.6 is 0 Å². The molecular formula is C25H34F2N4O2. The summed E-state index contributed by atoms with van der Waals surface area (Å²) in [6, 6.07) is 3.32. The summed E-state index contributed by atoms with van der Waals surface area (Å²) < 4.78 is 30.3. The first-order chi connectivity index (χ1) is 15.6. The molecule has 1 saturated heterocycles. The third-order valence-electron chi connectivity index (χ3n) is 6.87. The number of nitrogens with zero attached hydrogens (tertiary/aromatic N) is 2. The number of carbonyl (C=O) groups excluding carboxylic acids is 1. The third-order valence-corrected chi connectivity index (χ3v) is 6.87. The summed E-state index contributed by atoms with van der Waals surface area (Å²) >= 11 is 0. The van der Waals surface area contributed by atoms with Crippen LogP contribution in [-0.2, 0) is 13.6 Å². The molecule has 8 heteroatoms. The SMILES string of the molecule is CCN(c1cc(F)cc(C(=O)NCc2c(C)c(F)c(C)n(C)c2=O)c1C)C1CCN[C@H](C)C1. The number of rotatable bonds is 6. The van der Waals surface area contributed by atoms with Crippen LogP contribution in [0.25, 0.3) is 0 Å². The lowest BCUT2D eigenvalue weighted by atomic mass is 9.96. The van der Waals surface area contributed by atoms with E-state index in [1.54, 1.807) is 0 Å². The van der Waals surface area contributed by atoms with E-state index >= 15 is 0 Å². The van der Waals surface area contributed by atoms with Crippen LogP contribution in [0.1, 0.15) is 59.4 Å². The smallest absolute Gasteiger partial charge is 0.255 e.